The van der Waals surface area contributed by atoms with Gasteiger partial charge >= 0.3 is 0 Å². The van der Waals surface area contributed by atoms with Crippen molar-refractivity contribution in [3.63, 3.8) is 0 Å². The third kappa shape index (κ3) is 4.26. The number of carbonyl (C=O) groups is 2. The van der Waals surface area contributed by atoms with Crippen LogP contribution in [0.3, 0.4) is 0 Å². The molecule has 1 aromatic heterocycles. The number of aromatic nitrogens is 1. The van der Waals surface area contributed by atoms with Gasteiger partial charge < -0.3 is 19.9 Å². The number of hydrogen-bond acceptors (Lipinski definition) is 3. The first-order valence-corrected chi connectivity index (χ1v) is 9.87. The van der Waals surface area contributed by atoms with Crippen molar-refractivity contribution >= 4 is 22.7 Å². The Hall–Kier alpha value is -3.28. The second-order valence-electron chi connectivity index (χ2n) is 7.43. The third-order valence-electron chi connectivity index (χ3n) is 5.46. The molecule has 1 aliphatic heterocycles. The summed E-state index contributed by atoms with van der Waals surface area (Å²) in [5.41, 5.74) is 3.28. The van der Waals surface area contributed by atoms with E-state index in [0.717, 1.165) is 23.3 Å². The molecule has 1 saturated heterocycles. The molecule has 0 spiro atoms. The summed E-state index contributed by atoms with van der Waals surface area (Å²) in [5.74, 6) is 0.438. The van der Waals surface area contributed by atoms with E-state index >= 15 is 0 Å². The number of para-hydroxylation sites is 1. The maximum Gasteiger partial charge on any atom is 0.225 e. The van der Waals surface area contributed by atoms with E-state index < -0.39 is 0 Å². The van der Waals surface area contributed by atoms with Gasteiger partial charge in [0.15, 0.2) is 0 Å². The lowest BCUT2D eigenvalue weighted by Crippen LogP contribution is -2.34. The van der Waals surface area contributed by atoms with Crippen LogP contribution in [0, 0.1) is 5.92 Å². The number of aromatic amines is 1. The summed E-state index contributed by atoms with van der Waals surface area (Å²) in [6.45, 7) is 1.51. The Balaban J connectivity index is 1.29. The normalized spacial score (nSPS) is 16.4. The summed E-state index contributed by atoms with van der Waals surface area (Å²) >= 11 is 0. The first-order valence-electron chi connectivity index (χ1n) is 9.87. The van der Waals surface area contributed by atoms with Crippen LogP contribution in [0.15, 0.2) is 54.7 Å². The number of ether oxygens (including phenoxy) is 1. The van der Waals surface area contributed by atoms with Crippen LogP contribution in [-0.4, -0.2) is 41.9 Å². The van der Waals surface area contributed by atoms with Crippen molar-refractivity contribution in [1.82, 2.24) is 15.2 Å². The number of hydrogen-bond donors (Lipinski definition) is 2. The predicted octanol–water partition coefficient (Wildman–Crippen LogP) is 2.88. The molecular formula is C23H25N3O3. The average molecular weight is 391 g/mol. The monoisotopic (exact) mass is 391 g/mol. The van der Waals surface area contributed by atoms with Crippen molar-refractivity contribution in [3.05, 3.63) is 65.9 Å². The Kier molecular flexibility index (Phi) is 5.51. The minimum Gasteiger partial charge on any atom is -0.497 e. The Bertz CT molecular complexity index is 1030. The number of amides is 2. The predicted molar refractivity (Wildman–Crippen MR) is 112 cm³/mol. The van der Waals surface area contributed by atoms with E-state index in [2.05, 4.69) is 16.4 Å². The van der Waals surface area contributed by atoms with Gasteiger partial charge in [0.2, 0.25) is 11.8 Å². The van der Waals surface area contributed by atoms with Crippen LogP contribution in [0.2, 0.25) is 0 Å². The maximum atomic E-state index is 12.6. The largest absolute Gasteiger partial charge is 0.497 e. The van der Waals surface area contributed by atoms with E-state index in [1.54, 1.807) is 12.0 Å². The fourth-order valence-electron chi connectivity index (χ4n) is 3.89. The summed E-state index contributed by atoms with van der Waals surface area (Å²) in [7, 11) is 1.62. The molecule has 2 N–H and O–H groups in total. The number of nitrogens with one attached hydrogen (secondary N) is 2. The van der Waals surface area contributed by atoms with Crippen LogP contribution in [0.4, 0.5) is 0 Å². The number of H-pyrrole nitrogens is 1. The lowest BCUT2D eigenvalue weighted by Gasteiger charge is -2.17. The van der Waals surface area contributed by atoms with E-state index in [-0.39, 0.29) is 24.2 Å². The molecule has 2 heterocycles. The molecule has 4 rings (SSSR count). The summed E-state index contributed by atoms with van der Waals surface area (Å²) in [6, 6.07) is 15.8. The minimum atomic E-state index is -0.295. The molecule has 150 valence electrons. The topological polar surface area (TPSA) is 74.4 Å². The number of rotatable bonds is 7. The van der Waals surface area contributed by atoms with Crippen molar-refractivity contribution in [2.45, 2.75) is 19.4 Å². The molecule has 2 amide bonds. The summed E-state index contributed by atoms with van der Waals surface area (Å²) in [4.78, 5) is 29.9. The molecule has 6 nitrogen and oxygen atoms in total. The zero-order chi connectivity index (χ0) is 20.2. The number of likely N-dealkylation sites (tertiary alicyclic amines) is 1. The number of fused-ring (bicyclic) bond motifs is 1. The number of benzene rings is 2. The van der Waals surface area contributed by atoms with Gasteiger partial charge in [-0.1, -0.05) is 30.3 Å². The molecule has 0 radical (unpaired) electrons. The van der Waals surface area contributed by atoms with E-state index in [1.807, 2.05) is 48.7 Å². The van der Waals surface area contributed by atoms with Crippen molar-refractivity contribution in [2.24, 2.45) is 5.92 Å². The van der Waals surface area contributed by atoms with Crippen LogP contribution in [0.5, 0.6) is 5.75 Å². The molecule has 0 saturated carbocycles. The highest BCUT2D eigenvalue weighted by Gasteiger charge is 2.34. The lowest BCUT2D eigenvalue weighted by molar-refractivity contribution is -0.129. The quantitative estimate of drug-likeness (QED) is 0.650. The Labute approximate surface area is 169 Å². The first kappa shape index (κ1) is 19.1. The Morgan fingerprint density at radius 3 is 2.97 bits per heavy atom. The Morgan fingerprint density at radius 2 is 2.10 bits per heavy atom. The fourth-order valence-corrected chi connectivity index (χ4v) is 3.89. The number of nitrogens with zero attached hydrogens (tertiary/aromatic N) is 1. The van der Waals surface area contributed by atoms with Crippen molar-refractivity contribution in [1.29, 1.82) is 0 Å². The van der Waals surface area contributed by atoms with Gasteiger partial charge in [-0.15, -0.1) is 0 Å². The summed E-state index contributed by atoms with van der Waals surface area (Å²) in [6.07, 6.45) is 3.01. The second-order valence-corrected chi connectivity index (χ2v) is 7.43. The molecule has 0 aliphatic carbocycles. The SMILES string of the molecule is COc1cccc(CN2CC(C(=O)NCCc3c[nH]c4ccccc34)CC2=O)c1. The number of methoxy groups -OCH3 is 1. The minimum absolute atomic E-state index is 0.0181. The van der Waals surface area contributed by atoms with Gasteiger partial charge in [0.05, 0.1) is 13.0 Å². The van der Waals surface area contributed by atoms with Crippen LogP contribution < -0.4 is 10.1 Å². The zero-order valence-corrected chi connectivity index (χ0v) is 16.5. The van der Waals surface area contributed by atoms with Crippen molar-refractivity contribution < 1.29 is 14.3 Å². The summed E-state index contributed by atoms with van der Waals surface area (Å²) < 4.78 is 5.24. The van der Waals surface area contributed by atoms with Gasteiger partial charge in [-0.2, -0.15) is 0 Å². The van der Waals surface area contributed by atoms with E-state index in [0.29, 0.717) is 19.6 Å². The van der Waals surface area contributed by atoms with Gasteiger partial charge in [0.25, 0.3) is 0 Å². The molecule has 2 aromatic carbocycles. The lowest BCUT2D eigenvalue weighted by atomic mass is 10.1. The van der Waals surface area contributed by atoms with Crippen LogP contribution >= 0.6 is 0 Å². The highest BCUT2D eigenvalue weighted by atomic mass is 16.5. The molecule has 3 aromatic rings. The highest BCUT2D eigenvalue weighted by Crippen LogP contribution is 2.22. The molecule has 1 unspecified atom stereocenters. The molecule has 0 bridgehead atoms. The summed E-state index contributed by atoms with van der Waals surface area (Å²) in [5, 5.41) is 4.18. The molecule has 29 heavy (non-hydrogen) atoms. The van der Waals surface area contributed by atoms with Gasteiger partial charge in [-0.05, 0) is 35.7 Å². The average Bonchev–Trinajstić information content (AvgIpc) is 3.32. The second kappa shape index (κ2) is 8.39. The molecule has 1 atom stereocenters. The van der Waals surface area contributed by atoms with Gasteiger partial charge in [-0.3, -0.25) is 9.59 Å². The van der Waals surface area contributed by atoms with Crippen LogP contribution in [0.1, 0.15) is 17.5 Å². The van der Waals surface area contributed by atoms with Crippen molar-refractivity contribution in [3.8, 4) is 5.75 Å². The zero-order valence-electron chi connectivity index (χ0n) is 16.5. The standard InChI is InChI=1S/C23H25N3O3/c1-29-19-6-4-5-16(11-19)14-26-15-18(12-22(26)27)23(28)24-10-9-17-13-25-21-8-3-2-7-20(17)21/h2-8,11,13,18,25H,9-10,12,14-15H2,1H3,(H,24,28). The molecule has 1 aliphatic rings. The van der Waals surface area contributed by atoms with E-state index in [1.165, 1.54) is 10.9 Å². The molecule has 1 fully saturated rings. The fraction of sp³-hybridized carbons (Fsp3) is 0.304. The smallest absolute Gasteiger partial charge is 0.225 e. The first-order chi connectivity index (χ1) is 14.1. The van der Waals surface area contributed by atoms with Gasteiger partial charge in [0.1, 0.15) is 5.75 Å². The van der Waals surface area contributed by atoms with Crippen LogP contribution in [0.25, 0.3) is 10.9 Å². The maximum absolute atomic E-state index is 12.6. The van der Waals surface area contributed by atoms with Crippen LogP contribution in [-0.2, 0) is 22.6 Å². The number of carbonyl (C=O) groups excluding carboxylic acids is 2. The van der Waals surface area contributed by atoms with E-state index in [9.17, 15) is 9.59 Å². The third-order valence-corrected chi connectivity index (χ3v) is 5.46. The van der Waals surface area contributed by atoms with Crippen molar-refractivity contribution in [2.75, 3.05) is 20.2 Å². The molecule has 6 heteroatoms. The van der Waals surface area contributed by atoms with Gasteiger partial charge in [0, 0.05) is 43.2 Å². The van der Waals surface area contributed by atoms with Gasteiger partial charge in [-0.25, -0.2) is 0 Å². The Morgan fingerprint density at radius 1 is 1.24 bits per heavy atom. The van der Waals surface area contributed by atoms with E-state index in [4.69, 9.17) is 4.74 Å². The highest BCUT2D eigenvalue weighted by molar-refractivity contribution is 5.89. The molecular weight excluding hydrogens is 366 g/mol.